The fourth-order valence-electron chi connectivity index (χ4n) is 2.87. The van der Waals surface area contributed by atoms with Crippen LogP contribution >= 0.6 is 12.2 Å². The number of amides is 1. The van der Waals surface area contributed by atoms with Crippen LogP contribution in [0.3, 0.4) is 0 Å². The van der Waals surface area contributed by atoms with E-state index in [0.717, 1.165) is 16.7 Å². The van der Waals surface area contributed by atoms with E-state index >= 15 is 0 Å². The number of aliphatic imine (C=N–C) groups is 1. The number of aryl methyl sites for hydroxylation is 2. The zero-order valence-electron chi connectivity index (χ0n) is 14.3. The number of thiocarbonyl (C=S) groups is 1. The molecule has 3 rings (SSSR count). The molecule has 0 N–H and O–H groups in total. The molecule has 4 heteroatoms. The van der Waals surface area contributed by atoms with Gasteiger partial charge in [-0.15, -0.1) is 0 Å². The number of nitrogens with zero attached hydrogens (tertiary/aromatic N) is 2. The van der Waals surface area contributed by atoms with Gasteiger partial charge in [-0.3, -0.25) is 14.7 Å². The van der Waals surface area contributed by atoms with Crippen molar-refractivity contribution in [3.05, 3.63) is 70.8 Å². The maximum absolute atomic E-state index is 13.0. The molecule has 122 valence electrons. The summed E-state index contributed by atoms with van der Waals surface area (Å²) < 4.78 is 0. The molecule has 24 heavy (non-hydrogen) atoms. The van der Waals surface area contributed by atoms with Gasteiger partial charge >= 0.3 is 0 Å². The number of rotatable bonds is 2. The van der Waals surface area contributed by atoms with E-state index in [2.05, 4.69) is 0 Å². The molecule has 0 radical (unpaired) electrons. The molecule has 1 aliphatic rings. The Hall–Kier alpha value is -2.33. The van der Waals surface area contributed by atoms with Gasteiger partial charge in [0.15, 0.2) is 0 Å². The molecule has 1 aliphatic heterocycles. The first-order valence-electron chi connectivity index (χ1n) is 7.92. The van der Waals surface area contributed by atoms with Crippen LogP contribution in [0.2, 0.25) is 0 Å². The molecule has 0 aliphatic carbocycles. The van der Waals surface area contributed by atoms with Crippen molar-refractivity contribution in [2.45, 2.75) is 33.4 Å². The highest BCUT2D eigenvalue weighted by molar-refractivity contribution is 7.82. The zero-order valence-corrected chi connectivity index (χ0v) is 15.1. The first-order chi connectivity index (χ1) is 11.3. The minimum absolute atomic E-state index is 0.114. The van der Waals surface area contributed by atoms with Gasteiger partial charge in [0.2, 0.25) is 0 Å². The van der Waals surface area contributed by atoms with Crippen molar-refractivity contribution in [1.29, 1.82) is 0 Å². The van der Waals surface area contributed by atoms with Gasteiger partial charge in [0, 0.05) is 11.1 Å². The van der Waals surface area contributed by atoms with Crippen molar-refractivity contribution in [3.63, 3.8) is 0 Å². The minimum atomic E-state index is -0.696. The second kappa shape index (κ2) is 5.95. The van der Waals surface area contributed by atoms with Crippen LogP contribution in [0, 0.1) is 13.8 Å². The lowest BCUT2D eigenvalue weighted by molar-refractivity contribution is 0.0758. The largest absolute Gasteiger partial charge is 0.272 e. The summed E-state index contributed by atoms with van der Waals surface area (Å²) in [6.07, 6.45) is 0. The summed E-state index contributed by atoms with van der Waals surface area (Å²) in [7, 11) is 0. The van der Waals surface area contributed by atoms with Gasteiger partial charge in [-0.25, -0.2) is 0 Å². The van der Waals surface area contributed by atoms with Gasteiger partial charge < -0.3 is 0 Å². The highest BCUT2D eigenvalue weighted by Gasteiger charge is 2.42. The summed E-state index contributed by atoms with van der Waals surface area (Å²) in [5, 5.41) is 0. The third kappa shape index (κ3) is 2.89. The Morgan fingerprint density at radius 1 is 1.04 bits per heavy atom. The minimum Gasteiger partial charge on any atom is -0.272 e. The normalized spacial score (nSPS) is 16.2. The van der Waals surface area contributed by atoms with Crippen molar-refractivity contribution in [2.75, 3.05) is 0 Å². The lowest BCUT2D eigenvalue weighted by atomic mass is 10.1. The van der Waals surface area contributed by atoms with Crippen LogP contribution in [-0.2, 0) is 0 Å². The number of carbonyl (C=O) groups excluding carboxylic acids is 1. The Kier molecular flexibility index (Phi) is 4.10. The fourth-order valence-corrected chi connectivity index (χ4v) is 3.34. The van der Waals surface area contributed by atoms with Gasteiger partial charge in [0.1, 0.15) is 16.4 Å². The lowest BCUT2D eigenvalue weighted by Crippen LogP contribution is -2.46. The molecule has 0 spiro atoms. The molecule has 3 nitrogen and oxygen atoms in total. The van der Waals surface area contributed by atoms with Crippen LogP contribution in [-0.4, -0.2) is 27.2 Å². The number of hydrogen-bond acceptors (Lipinski definition) is 3. The SMILES string of the molecule is Cc1ccc(C(=O)N2C(=S)C(c3cccc(C)c3)=NC2(C)C)cc1. The van der Waals surface area contributed by atoms with Gasteiger partial charge in [-0.2, -0.15) is 0 Å². The van der Waals surface area contributed by atoms with Gasteiger partial charge in [-0.1, -0.05) is 53.7 Å². The van der Waals surface area contributed by atoms with Crippen LogP contribution in [0.25, 0.3) is 0 Å². The standard InChI is InChI=1S/C20H20N2OS/c1-13-8-10-15(11-9-13)18(23)22-19(24)17(21-20(22,3)4)16-7-5-6-14(2)12-16/h5-12H,1-4H3. The first kappa shape index (κ1) is 16.5. The van der Waals surface area contributed by atoms with E-state index in [1.807, 2.05) is 76.2 Å². The zero-order chi connectivity index (χ0) is 17.5. The van der Waals surface area contributed by atoms with Crippen molar-refractivity contribution < 1.29 is 4.79 Å². The van der Waals surface area contributed by atoms with E-state index < -0.39 is 5.66 Å². The summed E-state index contributed by atoms with van der Waals surface area (Å²) in [5.74, 6) is -0.114. The van der Waals surface area contributed by atoms with Crippen molar-refractivity contribution >= 4 is 28.8 Å². The topological polar surface area (TPSA) is 32.7 Å². The van der Waals surface area contributed by atoms with Crippen molar-refractivity contribution in [2.24, 2.45) is 4.99 Å². The third-order valence-electron chi connectivity index (χ3n) is 4.13. The van der Waals surface area contributed by atoms with E-state index in [-0.39, 0.29) is 5.91 Å². The summed E-state index contributed by atoms with van der Waals surface area (Å²) >= 11 is 5.61. The van der Waals surface area contributed by atoms with E-state index in [4.69, 9.17) is 17.2 Å². The molecule has 1 heterocycles. The highest BCUT2D eigenvalue weighted by Crippen LogP contribution is 2.29. The predicted octanol–water partition coefficient (Wildman–Crippen LogP) is 4.31. The van der Waals surface area contributed by atoms with Crippen molar-refractivity contribution in [3.8, 4) is 0 Å². The maximum Gasteiger partial charge on any atom is 0.260 e. The summed E-state index contributed by atoms with van der Waals surface area (Å²) in [4.78, 5) is 19.8. The highest BCUT2D eigenvalue weighted by atomic mass is 32.1. The monoisotopic (exact) mass is 336 g/mol. The molecular formula is C20H20N2OS. The van der Waals surface area contributed by atoms with E-state index in [1.165, 1.54) is 0 Å². The summed E-state index contributed by atoms with van der Waals surface area (Å²) in [6.45, 7) is 7.85. The lowest BCUT2D eigenvalue weighted by Gasteiger charge is -2.29. The number of hydrogen-bond donors (Lipinski definition) is 0. The first-order valence-corrected chi connectivity index (χ1v) is 8.33. The van der Waals surface area contributed by atoms with Crippen LogP contribution in [0.4, 0.5) is 0 Å². The average Bonchev–Trinajstić information content (AvgIpc) is 2.77. The molecule has 0 aromatic heterocycles. The number of benzene rings is 2. The van der Waals surface area contributed by atoms with E-state index in [1.54, 1.807) is 4.90 Å². The van der Waals surface area contributed by atoms with E-state index in [9.17, 15) is 4.79 Å². The molecule has 0 saturated carbocycles. The molecule has 2 aromatic rings. The second-order valence-corrected chi connectivity index (χ2v) is 7.02. The Balaban J connectivity index is 1.98. The molecule has 1 amide bonds. The van der Waals surface area contributed by atoms with E-state index in [0.29, 0.717) is 16.3 Å². The maximum atomic E-state index is 13.0. The summed E-state index contributed by atoms with van der Waals surface area (Å²) in [5.41, 5.74) is 3.84. The Labute approximate surface area is 148 Å². The quantitative estimate of drug-likeness (QED) is 0.766. The van der Waals surface area contributed by atoms with Crippen LogP contribution in [0.15, 0.2) is 53.5 Å². The Morgan fingerprint density at radius 3 is 2.33 bits per heavy atom. The second-order valence-electron chi connectivity index (χ2n) is 6.64. The molecular weight excluding hydrogens is 316 g/mol. The Morgan fingerprint density at radius 2 is 1.71 bits per heavy atom. The fraction of sp³-hybridized carbons (Fsp3) is 0.250. The van der Waals surface area contributed by atoms with Crippen LogP contribution in [0.1, 0.15) is 40.9 Å². The molecule has 2 aromatic carbocycles. The third-order valence-corrected chi connectivity index (χ3v) is 4.51. The van der Waals surface area contributed by atoms with Gasteiger partial charge in [-0.05, 0) is 45.9 Å². The molecule has 0 atom stereocenters. The Bertz CT molecular complexity index is 850. The van der Waals surface area contributed by atoms with Crippen LogP contribution < -0.4 is 0 Å². The predicted molar refractivity (Wildman–Crippen MR) is 102 cm³/mol. The molecule has 0 unspecified atom stereocenters. The number of carbonyl (C=O) groups is 1. The smallest absolute Gasteiger partial charge is 0.260 e. The van der Waals surface area contributed by atoms with Crippen molar-refractivity contribution in [1.82, 2.24) is 4.90 Å². The molecule has 0 saturated heterocycles. The van der Waals surface area contributed by atoms with Gasteiger partial charge in [0.05, 0.1) is 0 Å². The molecule has 0 bridgehead atoms. The van der Waals surface area contributed by atoms with Gasteiger partial charge in [0.25, 0.3) is 5.91 Å². The average molecular weight is 336 g/mol. The van der Waals surface area contributed by atoms with Crippen LogP contribution in [0.5, 0.6) is 0 Å². The molecule has 0 fully saturated rings. The summed E-state index contributed by atoms with van der Waals surface area (Å²) in [6, 6.07) is 15.6.